The van der Waals surface area contributed by atoms with Crippen molar-refractivity contribution in [3.8, 4) is 17.2 Å². The number of nitrogens with zero attached hydrogens (tertiary/aromatic N) is 3. The van der Waals surface area contributed by atoms with Crippen LogP contribution in [0.2, 0.25) is 0 Å². The van der Waals surface area contributed by atoms with Crippen molar-refractivity contribution in [1.82, 2.24) is 0 Å². The number of hydrogen-bond donors (Lipinski definition) is 0. The number of carbonyl (C=O) groups is 1. The summed E-state index contributed by atoms with van der Waals surface area (Å²) in [5.41, 5.74) is 2.75. The van der Waals surface area contributed by atoms with Crippen molar-refractivity contribution in [2.24, 2.45) is 15.2 Å². The molecular formula is C16H15N3O4. The normalized spacial score (nSPS) is 15.6. The van der Waals surface area contributed by atoms with E-state index in [0.717, 1.165) is 5.56 Å². The molecule has 0 saturated carbocycles. The summed E-state index contributed by atoms with van der Waals surface area (Å²) in [6.07, 6.45) is 3.59. The first-order chi connectivity index (χ1) is 11.2. The number of carbonyl (C=O) groups excluding carboxylic acids is 1. The first-order valence-electron chi connectivity index (χ1n) is 6.89. The molecule has 0 unspecified atom stereocenters. The van der Waals surface area contributed by atoms with Crippen molar-refractivity contribution in [1.29, 1.82) is 0 Å². The highest BCUT2D eigenvalue weighted by molar-refractivity contribution is 6.09. The predicted octanol–water partition coefficient (Wildman–Crippen LogP) is 2.47. The minimum atomic E-state index is -0.369. The topological polar surface area (TPSA) is 81.8 Å². The summed E-state index contributed by atoms with van der Waals surface area (Å²) in [6.45, 7) is 0. The highest BCUT2D eigenvalue weighted by Crippen LogP contribution is 2.39. The van der Waals surface area contributed by atoms with E-state index < -0.39 is 0 Å². The van der Waals surface area contributed by atoms with Crippen LogP contribution in [0.5, 0.6) is 17.2 Å². The fourth-order valence-electron chi connectivity index (χ4n) is 2.50. The minimum absolute atomic E-state index is 0.369. The van der Waals surface area contributed by atoms with Gasteiger partial charge in [-0.15, -0.1) is 5.11 Å². The van der Waals surface area contributed by atoms with Gasteiger partial charge in [0.15, 0.2) is 11.5 Å². The van der Waals surface area contributed by atoms with Crippen LogP contribution in [-0.2, 0) is 11.2 Å². The van der Waals surface area contributed by atoms with Gasteiger partial charge in [0.1, 0.15) is 0 Å². The first-order valence-corrected chi connectivity index (χ1v) is 6.89. The zero-order chi connectivity index (χ0) is 16.4. The van der Waals surface area contributed by atoms with Crippen LogP contribution in [0.3, 0.4) is 0 Å². The number of methoxy groups -OCH3 is 3. The van der Waals surface area contributed by atoms with Gasteiger partial charge in [0.2, 0.25) is 5.75 Å². The highest BCUT2D eigenvalue weighted by Gasteiger charge is 2.25. The van der Waals surface area contributed by atoms with Crippen molar-refractivity contribution in [3.63, 3.8) is 0 Å². The standard InChI is InChI=1S/C16H15N3O4/c1-21-13-5-9(6-14(22-2)15(13)23-3)4-12-10-7-17-8-11(10)16(20)19-18-12/h5-8H,4H2,1-3H3. The number of amides is 1. The number of fused-ring (bicyclic) bond motifs is 1. The number of aliphatic imine (C=N–C) groups is 1. The van der Waals surface area contributed by atoms with E-state index in [2.05, 4.69) is 15.2 Å². The fourth-order valence-corrected chi connectivity index (χ4v) is 2.50. The molecule has 0 atom stereocenters. The molecule has 0 saturated heterocycles. The summed E-state index contributed by atoms with van der Waals surface area (Å²) in [5.74, 6) is 1.28. The van der Waals surface area contributed by atoms with E-state index in [9.17, 15) is 4.79 Å². The summed E-state index contributed by atoms with van der Waals surface area (Å²) in [6, 6.07) is 3.69. The van der Waals surface area contributed by atoms with Crippen molar-refractivity contribution in [3.05, 3.63) is 40.7 Å². The molecule has 0 radical (unpaired) electrons. The van der Waals surface area contributed by atoms with Gasteiger partial charge in [0.25, 0.3) is 5.91 Å². The molecule has 7 heteroatoms. The number of benzene rings is 1. The predicted molar refractivity (Wildman–Crippen MR) is 83.3 cm³/mol. The van der Waals surface area contributed by atoms with Crippen LogP contribution < -0.4 is 14.2 Å². The van der Waals surface area contributed by atoms with E-state index in [1.165, 1.54) is 6.20 Å². The average Bonchev–Trinajstić information content (AvgIpc) is 3.07. The Morgan fingerprint density at radius 1 is 1.00 bits per heavy atom. The van der Waals surface area contributed by atoms with Gasteiger partial charge in [-0.05, 0) is 17.7 Å². The summed E-state index contributed by atoms with van der Waals surface area (Å²) in [5, 5.41) is 7.67. The SMILES string of the molecule is COc1cc(CC2=C3C=NC=C3C(=O)N=N2)cc(OC)c1OC. The molecular weight excluding hydrogens is 298 g/mol. The average molecular weight is 313 g/mol. The van der Waals surface area contributed by atoms with Crippen LogP contribution in [0.4, 0.5) is 0 Å². The Labute approximate surface area is 133 Å². The maximum absolute atomic E-state index is 11.7. The van der Waals surface area contributed by atoms with Crippen molar-refractivity contribution < 1.29 is 19.0 Å². The van der Waals surface area contributed by atoms with E-state index in [0.29, 0.717) is 40.5 Å². The van der Waals surface area contributed by atoms with Crippen molar-refractivity contribution in [2.45, 2.75) is 6.42 Å². The minimum Gasteiger partial charge on any atom is -0.493 e. The maximum atomic E-state index is 11.7. The molecule has 1 aromatic rings. The Morgan fingerprint density at radius 3 is 2.30 bits per heavy atom. The molecule has 0 aliphatic carbocycles. The van der Waals surface area contributed by atoms with Gasteiger partial charge in [-0.3, -0.25) is 9.79 Å². The molecule has 0 aromatic heterocycles. The second-order valence-corrected chi connectivity index (χ2v) is 4.90. The smallest absolute Gasteiger partial charge is 0.297 e. The monoisotopic (exact) mass is 313 g/mol. The third kappa shape index (κ3) is 2.61. The van der Waals surface area contributed by atoms with E-state index in [1.807, 2.05) is 12.1 Å². The number of allylic oxidation sites excluding steroid dienone is 1. The fraction of sp³-hybridized carbons (Fsp3) is 0.250. The van der Waals surface area contributed by atoms with Crippen molar-refractivity contribution >= 4 is 12.1 Å². The summed E-state index contributed by atoms with van der Waals surface area (Å²) in [7, 11) is 4.68. The Balaban J connectivity index is 1.99. The number of ether oxygens (including phenoxy) is 3. The molecule has 0 N–H and O–H groups in total. The number of azo groups is 1. The second kappa shape index (κ2) is 6.04. The molecule has 2 heterocycles. The lowest BCUT2D eigenvalue weighted by Crippen LogP contribution is -2.08. The molecule has 0 bridgehead atoms. The Hall–Kier alpha value is -2.96. The van der Waals surface area contributed by atoms with Crippen LogP contribution in [0.15, 0.2) is 50.4 Å². The lowest BCUT2D eigenvalue weighted by Gasteiger charge is -2.15. The largest absolute Gasteiger partial charge is 0.493 e. The molecule has 3 rings (SSSR count). The van der Waals surface area contributed by atoms with Crippen LogP contribution in [-0.4, -0.2) is 33.5 Å². The maximum Gasteiger partial charge on any atom is 0.297 e. The third-order valence-electron chi connectivity index (χ3n) is 3.60. The third-order valence-corrected chi connectivity index (χ3v) is 3.60. The van der Waals surface area contributed by atoms with Gasteiger partial charge in [-0.2, -0.15) is 5.11 Å². The van der Waals surface area contributed by atoms with Gasteiger partial charge in [0.05, 0.1) is 32.6 Å². The Bertz CT molecular complexity index is 766. The molecule has 0 spiro atoms. The van der Waals surface area contributed by atoms with E-state index in [-0.39, 0.29) is 5.91 Å². The van der Waals surface area contributed by atoms with Gasteiger partial charge in [-0.1, -0.05) is 0 Å². The van der Waals surface area contributed by atoms with Gasteiger partial charge < -0.3 is 14.2 Å². The highest BCUT2D eigenvalue weighted by atomic mass is 16.5. The van der Waals surface area contributed by atoms with Gasteiger partial charge >= 0.3 is 0 Å². The van der Waals surface area contributed by atoms with Crippen LogP contribution in [0.1, 0.15) is 5.56 Å². The second-order valence-electron chi connectivity index (χ2n) is 4.90. The van der Waals surface area contributed by atoms with Crippen LogP contribution >= 0.6 is 0 Å². The molecule has 118 valence electrons. The van der Waals surface area contributed by atoms with Crippen LogP contribution in [0.25, 0.3) is 0 Å². The van der Waals surface area contributed by atoms with Crippen LogP contribution in [0, 0.1) is 0 Å². The molecule has 2 aliphatic rings. The molecule has 2 aliphatic heterocycles. The Kier molecular flexibility index (Phi) is 3.92. The molecule has 7 nitrogen and oxygen atoms in total. The molecule has 1 aromatic carbocycles. The Morgan fingerprint density at radius 2 is 1.70 bits per heavy atom. The lowest BCUT2D eigenvalue weighted by molar-refractivity contribution is -0.114. The number of hydrogen-bond acceptors (Lipinski definition) is 6. The van der Waals surface area contributed by atoms with Crippen molar-refractivity contribution in [2.75, 3.05) is 21.3 Å². The van der Waals surface area contributed by atoms with Gasteiger partial charge in [0, 0.05) is 24.4 Å². The summed E-state index contributed by atoms with van der Waals surface area (Å²) in [4.78, 5) is 15.7. The zero-order valence-electron chi connectivity index (χ0n) is 13.0. The summed E-state index contributed by atoms with van der Waals surface area (Å²) >= 11 is 0. The summed E-state index contributed by atoms with van der Waals surface area (Å²) < 4.78 is 16.0. The number of rotatable bonds is 5. The first kappa shape index (κ1) is 15.0. The van der Waals surface area contributed by atoms with Gasteiger partial charge in [-0.25, -0.2) is 0 Å². The zero-order valence-corrected chi connectivity index (χ0v) is 13.0. The van der Waals surface area contributed by atoms with E-state index in [1.54, 1.807) is 27.5 Å². The van der Waals surface area contributed by atoms with E-state index in [4.69, 9.17) is 14.2 Å². The quantitative estimate of drug-likeness (QED) is 0.836. The molecule has 1 amide bonds. The lowest BCUT2D eigenvalue weighted by atomic mass is 10.0. The molecule has 23 heavy (non-hydrogen) atoms. The molecule has 0 fully saturated rings. The van der Waals surface area contributed by atoms with E-state index >= 15 is 0 Å².